The Labute approximate surface area is 126 Å². The maximum atomic E-state index is 11.5. The normalized spacial score (nSPS) is 10.8. The molecule has 0 bridgehead atoms. The zero-order valence-electron chi connectivity index (χ0n) is 11.4. The predicted octanol–water partition coefficient (Wildman–Crippen LogP) is 3.53. The number of nitrogens with zero attached hydrogens (tertiary/aromatic N) is 2. The summed E-state index contributed by atoms with van der Waals surface area (Å²) in [5.41, 5.74) is 2.68. The molecule has 0 atom stereocenters. The largest absolute Gasteiger partial charge is 0.468 e. The molecule has 0 spiro atoms. The van der Waals surface area contributed by atoms with E-state index in [9.17, 15) is 4.79 Å². The molecule has 21 heavy (non-hydrogen) atoms. The van der Waals surface area contributed by atoms with Crippen molar-refractivity contribution in [3.05, 3.63) is 53.6 Å². The van der Waals surface area contributed by atoms with Crippen molar-refractivity contribution in [3.8, 4) is 11.3 Å². The summed E-state index contributed by atoms with van der Waals surface area (Å²) in [5, 5.41) is 6.22. The first-order valence-electron chi connectivity index (χ1n) is 6.47. The second-order valence-electron chi connectivity index (χ2n) is 4.61. The van der Waals surface area contributed by atoms with E-state index in [1.165, 1.54) is 7.11 Å². The number of carbonyl (C=O) groups excluding carboxylic acids is 1. The molecule has 0 saturated heterocycles. The summed E-state index contributed by atoms with van der Waals surface area (Å²) >= 11 is 5.92. The van der Waals surface area contributed by atoms with E-state index in [4.69, 9.17) is 16.3 Å². The molecule has 5 heteroatoms. The van der Waals surface area contributed by atoms with Crippen LogP contribution in [0.1, 0.15) is 0 Å². The first-order valence-corrected chi connectivity index (χ1v) is 6.85. The summed E-state index contributed by atoms with van der Waals surface area (Å²) in [5.74, 6) is -0.328. The maximum Gasteiger partial charge on any atom is 0.327 e. The highest BCUT2D eigenvalue weighted by atomic mass is 35.5. The lowest BCUT2D eigenvalue weighted by atomic mass is 10.1. The third kappa shape index (κ3) is 2.62. The fourth-order valence-corrected chi connectivity index (χ4v) is 2.38. The third-order valence-corrected chi connectivity index (χ3v) is 3.53. The Morgan fingerprint density at radius 1 is 1.19 bits per heavy atom. The first kappa shape index (κ1) is 13.6. The van der Waals surface area contributed by atoms with E-state index < -0.39 is 0 Å². The minimum Gasteiger partial charge on any atom is -0.468 e. The highest BCUT2D eigenvalue weighted by Gasteiger charge is 2.14. The fourth-order valence-electron chi connectivity index (χ4n) is 2.26. The van der Waals surface area contributed by atoms with Gasteiger partial charge in [-0.1, -0.05) is 41.9 Å². The Bertz CT molecular complexity index is 794. The SMILES string of the molecule is COC(=O)Cn1nc(-c2ccc(Cl)cc2)c2ccccc21. The lowest BCUT2D eigenvalue weighted by Crippen LogP contribution is -2.12. The molecular formula is C16H13ClN2O2. The molecule has 1 aromatic heterocycles. The summed E-state index contributed by atoms with van der Waals surface area (Å²) in [6.45, 7) is 0.0879. The molecule has 1 heterocycles. The smallest absolute Gasteiger partial charge is 0.327 e. The number of rotatable bonds is 3. The van der Waals surface area contributed by atoms with Crippen molar-refractivity contribution in [2.75, 3.05) is 7.11 Å². The average molecular weight is 301 g/mol. The summed E-state index contributed by atoms with van der Waals surface area (Å²) in [7, 11) is 1.37. The molecule has 0 aliphatic carbocycles. The van der Waals surface area contributed by atoms with Crippen LogP contribution in [-0.2, 0) is 16.1 Å². The lowest BCUT2D eigenvalue weighted by molar-refractivity contribution is -0.141. The summed E-state index contributed by atoms with van der Waals surface area (Å²) in [6.07, 6.45) is 0. The lowest BCUT2D eigenvalue weighted by Gasteiger charge is -2.01. The van der Waals surface area contributed by atoms with E-state index in [1.54, 1.807) is 4.68 Å². The van der Waals surface area contributed by atoms with Gasteiger partial charge in [0.05, 0.1) is 12.6 Å². The van der Waals surface area contributed by atoms with E-state index in [0.29, 0.717) is 5.02 Å². The van der Waals surface area contributed by atoms with Crippen LogP contribution in [0.25, 0.3) is 22.2 Å². The van der Waals surface area contributed by atoms with Gasteiger partial charge in [-0.3, -0.25) is 9.48 Å². The molecular weight excluding hydrogens is 288 g/mol. The van der Waals surface area contributed by atoms with Crippen molar-refractivity contribution in [1.82, 2.24) is 9.78 Å². The molecule has 0 aliphatic heterocycles. The molecule has 3 rings (SSSR count). The zero-order valence-corrected chi connectivity index (χ0v) is 12.2. The fraction of sp³-hybridized carbons (Fsp3) is 0.125. The highest BCUT2D eigenvalue weighted by molar-refractivity contribution is 6.30. The van der Waals surface area contributed by atoms with Gasteiger partial charge in [0.1, 0.15) is 12.2 Å². The molecule has 0 unspecified atom stereocenters. The quantitative estimate of drug-likeness (QED) is 0.695. The number of ether oxygens (including phenoxy) is 1. The Hall–Kier alpha value is -2.33. The molecule has 3 aromatic rings. The van der Waals surface area contributed by atoms with Crippen molar-refractivity contribution < 1.29 is 9.53 Å². The number of benzene rings is 2. The van der Waals surface area contributed by atoms with Gasteiger partial charge in [-0.2, -0.15) is 5.10 Å². The van der Waals surface area contributed by atoms with Gasteiger partial charge in [0.25, 0.3) is 0 Å². The van der Waals surface area contributed by atoms with Gasteiger partial charge in [0, 0.05) is 16.0 Å². The summed E-state index contributed by atoms with van der Waals surface area (Å²) in [4.78, 5) is 11.5. The minimum absolute atomic E-state index is 0.0879. The van der Waals surface area contributed by atoms with Crippen LogP contribution in [0.5, 0.6) is 0 Å². The van der Waals surface area contributed by atoms with Crippen LogP contribution in [0, 0.1) is 0 Å². The Balaban J connectivity index is 2.14. The van der Waals surface area contributed by atoms with Crippen LogP contribution in [-0.4, -0.2) is 22.9 Å². The van der Waals surface area contributed by atoms with Crippen molar-refractivity contribution in [2.24, 2.45) is 0 Å². The van der Waals surface area contributed by atoms with Crippen molar-refractivity contribution >= 4 is 28.5 Å². The van der Waals surface area contributed by atoms with Crippen molar-refractivity contribution in [2.45, 2.75) is 6.54 Å². The third-order valence-electron chi connectivity index (χ3n) is 3.28. The number of esters is 1. The maximum absolute atomic E-state index is 11.5. The zero-order chi connectivity index (χ0) is 14.8. The molecule has 106 valence electrons. The van der Waals surface area contributed by atoms with E-state index >= 15 is 0 Å². The van der Waals surface area contributed by atoms with Crippen LogP contribution in [0.15, 0.2) is 48.5 Å². The molecule has 0 N–H and O–H groups in total. The van der Waals surface area contributed by atoms with Gasteiger partial charge >= 0.3 is 5.97 Å². The summed E-state index contributed by atoms with van der Waals surface area (Å²) < 4.78 is 6.37. The Kier molecular flexibility index (Phi) is 3.62. The van der Waals surface area contributed by atoms with Crippen LogP contribution in [0.4, 0.5) is 0 Å². The number of halogens is 1. The number of fused-ring (bicyclic) bond motifs is 1. The van der Waals surface area contributed by atoms with Gasteiger partial charge in [0.15, 0.2) is 0 Å². The standard InChI is InChI=1S/C16H13ClN2O2/c1-21-15(20)10-19-14-5-3-2-4-13(14)16(18-19)11-6-8-12(17)9-7-11/h2-9H,10H2,1H3. The summed E-state index contributed by atoms with van der Waals surface area (Å²) in [6, 6.07) is 15.3. The van der Waals surface area contributed by atoms with Gasteiger partial charge in [-0.25, -0.2) is 0 Å². The molecule has 0 amide bonds. The van der Waals surface area contributed by atoms with Crippen LogP contribution < -0.4 is 0 Å². The van der Waals surface area contributed by atoms with E-state index in [-0.39, 0.29) is 12.5 Å². The van der Waals surface area contributed by atoms with Crippen LogP contribution in [0.2, 0.25) is 5.02 Å². The second-order valence-corrected chi connectivity index (χ2v) is 5.04. The topological polar surface area (TPSA) is 44.1 Å². The first-order chi connectivity index (χ1) is 10.2. The molecule has 4 nitrogen and oxygen atoms in total. The Morgan fingerprint density at radius 2 is 1.90 bits per heavy atom. The van der Waals surface area contributed by atoms with Gasteiger partial charge in [-0.05, 0) is 18.2 Å². The van der Waals surface area contributed by atoms with E-state index in [1.807, 2.05) is 48.5 Å². The second kappa shape index (κ2) is 5.58. The van der Waals surface area contributed by atoms with Gasteiger partial charge in [-0.15, -0.1) is 0 Å². The van der Waals surface area contributed by atoms with E-state index in [0.717, 1.165) is 22.2 Å². The molecule has 0 saturated carbocycles. The number of methoxy groups -OCH3 is 1. The van der Waals surface area contributed by atoms with E-state index in [2.05, 4.69) is 5.10 Å². The number of hydrogen-bond donors (Lipinski definition) is 0. The molecule has 0 aliphatic rings. The van der Waals surface area contributed by atoms with Crippen LogP contribution >= 0.6 is 11.6 Å². The predicted molar refractivity (Wildman–Crippen MR) is 82.2 cm³/mol. The number of carbonyl (C=O) groups is 1. The number of para-hydroxylation sites is 1. The van der Waals surface area contributed by atoms with Gasteiger partial charge < -0.3 is 4.74 Å². The van der Waals surface area contributed by atoms with Crippen LogP contribution in [0.3, 0.4) is 0 Å². The molecule has 0 fully saturated rings. The monoisotopic (exact) mass is 300 g/mol. The number of hydrogen-bond acceptors (Lipinski definition) is 3. The van der Waals surface area contributed by atoms with Gasteiger partial charge in [0.2, 0.25) is 0 Å². The van der Waals surface area contributed by atoms with Crippen molar-refractivity contribution in [1.29, 1.82) is 0 Å². The minimum atomic E-state index is -0.328. The average Bonchev–Trinajstić information content (AvgIpc) is 2.87. The van der Waals surface area contributed by atoms with Crippen molar-refractivity contribution in [3.63, 3.8) is 0 Å². The molecule has 0 radical (unpaired) electrons. The number of aromatic nitrogens is 2. The Morgan fingerprint density at radius 3 is 2.62 bits per heavy atom. The molecule has 2 aromatic carbocycles. The highest BCUT2D eigenvalue weighted by Crippen LogP contribution is 2.28.